The average molecular weight is 567 g/mol. The second kappa shape index (κ2) is 11.9. The number of nitrogens with two attached hydrogens (primary N) is 2. The molecule has 0 saturated carbocycles. The topological polar surface area (TPSA) is 111 Å². The third kappa shape index (κ3) is 7.60. The summed E-state index contributed by atoms with van der Waals surface area (Å²) in [5.74, 6) is 0. The molecule has 8 heteroatoms. The SMILES string of the molecule is CC(C)(C)OC(=O)N(c1ccc(N)cc1)c1ccc(-c2ccc(N(C(=O)OC(C)(C)C)c3ccc(N)cc3)cc2)cc1. The second-order valence-corrected chi connectivity index (χ2v) is 11.9. The van der Waals surface area contributed by atoms with Gasteiger partial charge in [-0.3, -0.25) is 0 Å². The van der Waals surface area contributed by atoms with Crippen molar-refractivity contribution in [3.63, 3.8) is 0 Å². The lowest BCUT2D eigenvalue weighted by molar-refractivity contribution is 0.0588. The van der Waals surface area contributed by atoms with E-state index in [9.17, 15) is 9.59 Å². The van der Waals surface area contributed by atoms with Gasteiger partial charge in [-0.25, -0.2) is 19.4 Å². The summed E-state index contributed by atoms with van der Waals surface area (Å²) in [5, 5.41) is 0. The number of hydrogen-bond donors (Lipinski definition) is 2. The fourth-order valence-corrected chi connectivity index (χ4v) is 4.19. The van der Waals surface area contributed by atoms with E-state index in [1.165, 1.54) is 9.80 Å². The van der Waals surface area contributed by atoms with Crippen molar-refractivity contribution in [1.29, 1.82) is 0 Å². The van der Waals surface area contributed by atoms with E-state index < -0.39 is 23.4 Å². The molecule has 4 aromatic carbocycles. The molecule has 0 heterocycles. The Morgan fingerprint density at radius 3 is 0.952 bits per heavy atom. The fourth-order valence-electron chi connectivity index (χ4n) is 4.19. The average Bonchev–Trinajstić information content (AvgIpc) is 2.90. The van der Waals surface area contributed by atoms with Gasteiger partial charge in [-0.05, 0) is 125 Å². The summed E-state index contributed by atoms with van der Waals surface area (Å²) in [6.07, 6.45) is -0.983. The fraction of sp³-hybridized carbons (Fsp3) is 0.235. The summed E-state index contributed by atoms with van der Waals surface area (Å²) < 4.78 is 11.4. The normalized spacial score (nSPS) is 11.5. The standard InChI is InChI=1S/C34H38N4O4/c1-33(2,3)41-31(39)37(29-19-11-25(35)12-20-29)27-15-7-23(8-16-27)24-9-17-28(18-10-24)38(32(40)42-34(4,5)6)30-21-13-26(36)14-22-30/h7-22H,35-36H2,1-6H3. The predicted octanol–water partition coefficient (Wildman–Crippen LogP) is 8.66. The van der Waals surface area contributed by atoms with E-state index in [4.69, 9.17) is 20.9 Å². The van der Waals surface area contributed by atoms with Gasteiger partial charge in [-0.1, -0.05) is 24.3 Å². The number of ether oxygens (including phenoxy) is 2. The van der Waals surface area contributed by atoms with Gasteiger partial charge in [-0.15, -0.1) is 0 Å². The van der Waals surface area contributed by atoms with Gasteiger partial charge in [0.05, 0.1) is 22.7 Å². The van der Waals surface area contributed by atoms with Crippen LogP contribution in [0, 0.1) is 0 Å². The summed E-state index contributed by atoms with van der Waals surface area (Å²) in [4.78, 5) is 29.4. The highest BCUT2D eigenvalue weighted by atomic mass is 16.6. The summed E-state index contributed by atoms with van der Waals surface area (Å²) in [5.41, 5.74) is 16.1. The quantitative estimate of drug-likeness (QED) is 0.234. The van der Waals surface area contributed by atoms with Crippen LogP contribution in [0.1, 0.15) is 41.5 Å². The number of nitrogens with zero attached hydrogens (tertiary/aromatic N) is 2. The maximum absolute atomic E-state index is 13.2. The summed E-state index contributed by atoms with van der Waals surface area (Å²) in [6.45, 7) is 11.0. The Hall–Kier alpha value is -4.98. The lowest BCUT2D eigenvalue weighted by atomic mass is 10.0. The van der Waals surface area contributed by atoms with E-state index in [0.717, 1.165) is 11.1 Å². The number of amides is 2. The van der Waals surface area contributed by atoms with Crippen molar-refractivity contribution in [3.05, 3.63) is 97.1 Å². The van der Waals surface area contributed by atoms with Gasteiger partial charge < -0.3 is 20.9 Å². The summed E-state index contributed by atoms with van der Waals surface area (Å²) >= 11 is 0. The number of rotatable bonds is 5. The molecule has 42 heavy (non-hydrogen) atoms. The second-order valence-electron chi connectivity index (χ2n) is 11.9. The summed E-state index contributed by atoms with van der Waals surface area (Å²) in [6, 6.07) is 29.3. The number of carbonyl (C=O) groups is 2. The molecule has 0 saturated heterocycles. The van der Waals surface area contributed by atoms with Gasteiger partial charge in [0.15, 0.2) is 0 Å². The zero-order valence-electron chi connectivity index (χ0n) is 24.9. The smallest absolute Gasteiger partial charge is 0.419 e. The van der Waals surface area contributed by atoms with Crippen LogP contribution >= 0.6 is 0 Å². The highest BCUT2D eigenvalue weighted by Crippen LogP contribution is 2.33. The molecule has 0 fully saturated rings. The van der Waals surface area contributed by atoms with E-state index in [1.54, 1.807) is 48.5 Å². The van der Waals surface area contributed by atoms with Crippen LogP contribution in [-0.2, 0) is 9.47 Å². The number of nitrogen functional groups attached to an aromatic ring is 2. The first-order valence-corrected chi connectivity index (χ1v) is 13.7. The van der Waals surface area contributed by atoms with Crippen molar-refractivity contribution >= 4 is 46.3 Å². The van der Waals surface area contributed by atoms with Gasteiger partial charge in [0.25, 0.3) is 0 Å². The minimum absolute atomic E-state index is 0.491. The first kappa shape index (κ1) is 30.0. The largest absolute Gasteiger partial charge is 0.443 e. The number of anilines is 6. The first-order valence-electron chi connectivity index (χ1n) is 13.7. The Morgan fingerprint density at radius 2 is 0.714 bits per heavy atom. The molecule has 0 aliphatic rings. The lowest BCUT2D eigenvalue weighted by Gasteiger charge is -2.28. The van der Waals surface area contributed by atoms with E-state index in [-0.39, 0.29) is 0 Å². The van der Waals surface area contributed by atoms with Crippen LogP contribution in [0.15, 0.2) is 97.1 Å². The van der Waals surface area contributed by atoms with Crippen molar-refractivity contribution in [2.75, 3.05) is 21.3 Å². The molecule has 0 aliphatic heterocycles. The van der Waals surface area contributed by atoms with Gasteiger partial charge >= 0.3 is 12.2 Å². The van der Waals surface area contributed by atoms with Crippen LogP contribution in [0.5, 0.6) is 0 Å². The highest BCUT2D eigenvalue weighted by molar-refractivity contribution is 5.97. The molecule has 2 amide bonds. The van der Waals surface area contributed by atoms with Crippen molar-refractivity contribution < 1.29 is 19.1 Å². The Kier molecular flexibility index (Phi) is 8.47. The van der Waals surface area contributed by atoms with Gasteiger partial charge in [-0.2, -0.15) is 0 Å². The number of benzene rings is 4. The van der Waals surface area contributed by atoms with Gasteiger partial charge in [0.2, 0.25) is 0 Å². The first-order chi connectivity index (χ1) is 19.7. The molecule has 4 N–H and O–H groups in total. The Balaban J connectivity index is 1.63. The molecule has 0 atom stereocenters. The molecule has 0 bridgehead atoms. The van der Waals surface area contributed by atoms with Crippen LogP contribution in [0.3, 0.4) is 0 Å². The van der Waals surface area contributed by atoms with Crippen molar-refractivity contribution in [2.24, 2.45) is 0 Å². The van der Waals surface area contributed by atoms with Crippen LogP contribution in [-0.4, -0.2) is 23.4 Å². The maximum atomic E-state index is 13.2. The Morgan fingerprint density at radius 1 is 0.476 bits per heavy atom. The predicted molar refractivity (Wildman–Crippen MR) is 170 cm³/mol. The molecular weight excluding hydrogens is 528 g/mol. The Labute approximate surface area is 247 Å². The van der Waals surface area contributed by atoms with E-state index in [0.29, 0.717) is 34.1 Å². The molecule has 8 nitrogen and oxygen atoms in total. The molecular formula is C34H38N4O4. The van der Waals surface area contributed by atoms with Crippen molar-refractivity contribution in [2.45, 2.75) is 52.7 Å². The lowest BCUT2D eigenvalue weighted by Crippen LogP contribution is -2.33. The molecule has 0 unspecified atom stereocenters. The molecule has 0 spiro atoms. The molecule has 218 valence electrons. The van der Waals surface area contributed by atoms with Crippen LogP contribution < -0.4 is 21.3 Å². The molecule has 4 aromatic rings. The van der Waals surface area contributed by atoms with Crippen LogP contribution in [0.2, 0.25) is 0 Å². The number of carbonyl (C=O) groups excluding carboxylic acids is 2. The molecule has 0 radical (unpaired) electrons. The summed E-state index contributed by atoms with van der Waals surface area (Å²) in [7, 11) is 0. The highest BCUT2D eigenvalue weighted by Gasteiger charge is 2.26. The van der Waals surface area contributed by atoms with E-state index >= 15 is 0 Å². The van der Waals surface area contributed by atoms with Crippen LogP contribution in [0.4, 0.5) is 43.7 Å². The minimum atomic E-state index is -0.662. The monoisotopic (exact) mass is 566 g/mol. The maximum Gasteiger partial charge on any atom is 0.419 e. The Bertz CT molecular complexity index is 1400. The molecule has 0 aromatic heterocycles. The van der Waals surface area contributed by atoms with E-state index in [1.807, 2.05) is 90.1 Å². The van der Waals surface area contributed by atoms with E-state index in [2.05, 4.69) is 0 Å². The third-order valence-electron chi connectivity index (χ3n) is 6.04. The van der Waals surface area contributed by atoms with Gasteiger partial charge in [0, 0.05) is 11.4 Å². The van der Waals surface area contributed by atoms with Gasteiger partial charge in [0.1, 0.15) is 11.2 Å². The zero-order chi connectivity index (χ0) is 30.7. The van der Waals surface area contributed by atoms with Crippen LogP contribution in [0.25, 0.3) is 11.1 Å². The molecule has 0 aliphatic carbocycles. The van der Waals surface area contributed by atoms with Crippen molar-refractivity contribution in [3.8, 4) is 11.1 Å². The zero-order valence-corrected chi connectivity index (χ0v) is 24.9. The third-order valence-corrected chi connectivity index (χ3v) is 6.04. The molecule has 4 rings (SSSR count). The number of hydrogen-bond acceptors (Lipinski definition) is 6. The minimum Gasteiger partial charge on any atom is -0.443 e. The van der Waals surface area contributed by atoms with Crippen molar-refractivity contribution in [1.82, 2.24) is 0 Å².